The first-order valence-corrected chi connectivity index (χ1v) is 6.23. The van der Waals surface area contributed by atoms with Crippen molar-refractivity contribution in [1.29, 1.82) is 0 Å². The maximum atomic E-state index is 10.6. The van der Waals surface area contributed by atoms with E-state index in [0.29, 0.717) is 28.6 Å². The van der Waals surface area contributed by atoms with Crippen LogP contribution in [-0.4, -0.2) is 19.1 Å². The summed E-state index contributed by atoms with van der Waals surface area (Å²) in [5.74, 6) is 0.905. The molecule has 0 aliphatic rings. The number of benzene rings is 2. The van der Waals surface area contributed by atoms with Crippen molar-refractivity contribution in [3.63, 3.8) is 0 Å². The molecule has 2 rings (SSSR count). The zero-order chi connectivity index (χ0) is 16.1. The lowest BCUT2D eigenvalue weighted by Crippen LogP contribution is -1.93. The Morgan fingerprint density at radius 2 is 1.65 bits per heavy atom. The lowest BCUT2D eigenvalue weighted by molar-refractivity contribution is -0.384. The minimum Gasteiger partial charge on any atom is -0.495 e. The molecule has 0 saturated heterocycles. The van der Waals surface area contributed by atoms with Crippen LogP contribution in [0, 0.1) is 10.1 Å². The largest absolute Gasteiger partial charge is 0.495 e. The van der Waals surface area contributed by atoms with Gasteiger partial charge in [-0.1, -0.05) is 7.43 Å². The van der Waals surface area contributed by atoms with Gasteiger partial charge in [0.05, 0.1) is 30.5 Å². The molecule has 2 aromatic rings. The quantitative estimate of drug-likeness (QED) is 0.383. The van der Waals surface area contributed by atoms with Crippen molar-refractivity contribution >= 4 is 22.7 Å². The molecule has 0 saturated carbocycles. The third kappa shape index (κ3) is 4.16. The molecular weight excluding hydrogens is 300 g/mol. The Kier molecular flexibility index (Phi) is 6.02. The summed E-state index contributed by atoms with van der Waals surface area (Å²) in [6.45, 7) is 0. The molecule has 0 spiro atoms. The minimum atomic E-state index is -0.477. The number of non-ortho nitro benzene ring substituents is 1. The molecule has 8 heteroatoms. The number of hydrogen-bond acceptors (Lipinski definition) is 7. The molecule has 2 N–H and O–H groups in total. The maximum Gasteiger partial charge on any atom is 0.269 e. The van der Waals surface area contributed by atoms with Crippen molar-refractivity contribution in [2.45, 2.75) is 7.43 Å². The molecule has 0 aliphatic carbocycles. The number of nitro groups is 1. The number of nitro benzene ring substituents is 1. The molecule has 0 bridgehead atoms. The van der Waals surface area contributed by atoms with Crippen LogP contribution in [0.1, 0.15) is 7.43 Å². The number of methoxy groups -OCH3 is 2. The Balaban J connectivity index is 0.00000264. The molecule has 0 unspecified atom stereocenters. The van der Waals surface area contributed by atoms with Crippen LogP contribution in [0.4, 0.5) is 22.7 Å². The molecule has 0 aliphatic heterocycles. The molecule has 23 heavy (non-hydrogen) atoms. The molecule has 0 aromatic heterocycles. The second kappa shape index (κ2) is 7.74. The average molecular weight is 318 g/mol. The number of ether oxygens (including phenoxy) is 2. The van der Waals surface area contributed by atoms with Crippen LogP contribution in [0.15, 0.2) is 46.6 Å². The first kappa shape index (κ1) is 17.9. The van der Waals surface area contributed by atoms with Crippen molar-refractivity contribution in [1.82, 2.24) is 0 Å². The van der Waals surface area contributed by atoms with E-state index in [2.05, 4.69) is 10.2 Å². The maximum absolute atomic E-state index is 10.6. The van der Waals surface area contributed by atoms with Crippen LogP contribution in [0.3, 0.4) is 0 Å². The first-order valence-electron chi connectivity index (χ1n) is 6.23. The molecule has 0 amide bonds. The fraction of sp³-hybridized carbons (Fsp3) is 0.200. The summed E-state index contributed by atoms with van der Waals surface area (Å²) < 4.78 is 10.3. The van der Waals surface area contributed by atoms with E-state index in [9.17, 15) is 10.1 Å². The van der Waals surface area contributed by atoms with Gasteiger partial charge in [-0.25, -0.2) is 0 Å². The van der Waals surface area contributed by atoms with E-state index >= 15 is 0 Å². The summed E-state index contributed by atoms with van der Waals surface area (Å²) in [5, 5.41) is 18.7. The number of rotatable bonds is 5. The molecular formula is C15H18N4O4. The topological polar surface area (TPSA) is 112 Å². The van der Waals surface area contributed by atoms with Gasteiger partial charge < -0.3 is 15.2 Å². The fourth-order valence-electron chi connectivity index (χ4n) is 1.74. The number of azo groups is 1. The monoisotopic (exact) mass is 318 g/mol. The molecule has 0 fully saturated rings. The van der Waals surface area contributed by atoms with Crippen molar-refractivity contribution in [2.24, 2.45) is 10.2 Å². The summed E-state index contributed by atoms with van der Waals surface area (Å²) in [6.07, 6.45) is 0. The van der Waals surface area contributed by atoms with Gasteiger partial charge in [0.2, 0.25) is 0 Å². The van der Waals surface area contributed by atoms with E-state index < -0.39 is 4.92 Å². The lowest BCUT2D eigenvalue weighted by atomic mass is 10.2. The number of nitrogen functional groups attached to an aromatic ring is 1. The zero-order valence-corrected chi connectivity index (χ0v) is 12.0. The Morgan fingerprint density at radius 3 is 2.17 bits per heavy atom. The number of nitrogens with zero attached hydrogens (tertiary/aromatic N) is 3. The van der Waals surface area contributed by atoms with Crippen LogP contribution in [0.5, 0.6) is 11.5 Å². The van der Waals surface area contributed by atoms with Gasteiger partial charge in [-0.2, -0.15) is 5.11 Å². The van der Waals surface area contributed by atoms with Crippen molar-refractivity contribution in [3.8, 4) is 11.5 Å². The summed E-state index contributed by atoms with van der Waals surface area (Å²) in [4.78, 5) is 10.1. The van der Waals surface area contributed by atoms with Gasteiger partial charge in [0.15, 0.2) is 0 Å². The fourth-order valence-corrected chi connectivity index (χ4v) is 1.74. The zero-order valence-electron chi connectivity index (χ0n) is 12.0. The Morgan fingerprint density at radius 1 is 1.04 bits per heavy atom. The van der Waals surface area contributed by atoms with Gasteiger partial charge in [0.1, 0.15) is 17.2 Å². The Hall–Kier alpha value is -3.16. The first-order chi connectivity index (χ1) is 10.5. The summed E-state index contributed by atoms with van der Waals surface area (Å²) in [6, 6.07) is 8.90. The van der Waals surface area contributed by atoms with Gasteiger partial charge in [-0.3, -0.25) is 10.1 Å². The lowest BCUT2D eigenvalue weighted by Gasteiger charge is -2.09. The van der Waals surface area contributed by atoms with Gasteiger partial charge in [-0.05, 0) is 12.1 Å². The van der Waals surface area contributed by atoms with Crippen LogP contribution >= 0.6 is 0 Å². The predicted octanol–water partition coefficient (Wildman–Crippen LogP) is 4.25. The molecule has 0 atom stereocenters. The Labute approximate surface area is 133 Å². The van der Waals surface area contributed by atoms with E-state index in [4.69, 9.17) is 15.2 Å². The highest BCUT2D eigenvalue weighted by atomic mass is 16.6. The third-order valence-corrected chi connectivity index (χ3v) is 2.86. The van der Waals surface area contributed by atoms with E-state index in [1.807, 2.05) is 0 Å². The summed E-state index contributed by atoms with van der Waals surface area (Å²) in [5.41, 5.74) is 7.12. The molecule has 8 nitrogen and oxygen atoms in total. The molecule has 122 valence electrons. The van der Waals surface area contributed by atoms with E-state index in [-0.39, 0.29) is 13.1 Å². The van der Waals surface area contributed by atoms with Crippen molar-refractivity contribution < 1.29 is 14.4 Å². The summed E-state index contributed by atoms with van der Waals surface area (Å²) in [7, 11) is 2.99. The van der Waals surface area contributed by atoms with Gasteiger partial charge in [-0.15, -0.1) is 5.11 Å². The van der Waals surface area contributed by atoms with Gasteiger partial charge in [0, 0.05) is 24.3 Å². The number of anilines is 1. The SMILES string of the molecule is C.COc1cc(N=Nc2ccc([N+](=O)[O-])cc2)c(OC)cc1N. The van der Waals surface area contributed by atoms with E-state index in [1.165, 1.54) is 38.5 Å². The number of hydrogen-bond donors (Lipinski definition) is 1. The predicted molar refractivity (Wildman–Crippen MR) is 88.0 cm³/mol. The Bertz CT molecular complexity index is 714. The third-order valence-electron chi connectivity index (χ3n) is 2.86. The molecule has 0 radical (unpaired) electrons. The summed E-state index contributed by atoms with van der Waals surface area (Å²) >= 11 is 0. The van der Waals surface area contributed by atoms with Crippen LogP contribution in [0.2, 0.25) is 0 Å². The second-order valence-corrected chi connectivity index (χ2v) is 4.24. The van der Waals surface area contributed by atoms with Crippen molar-refractivity contribution in [3.05, 3.63) is 46.5 Å². The van der Waals surface area contributed by atoms with Crippen LogP contribution < -0.4 is 15.2 Å². The smallest absolute Gasteiger partial charge is 0.269 e. The molecule has 2 aromatic carbocycles. The minimum absolute atomic E-state index is 0. The normalized spacial score (nSPS) is 10.2. The van der Waals surface area contributed by atoms with Gasteiger partial charge in [0.25, 0.3) is 5.69 Å². The van der Waals surface area contributed by atoms with E-state index in [1.54, 1.807) is 12.1 Å². The average Bonchev–Trinajstić information content (AvgIpc) is 2.53. The van der Waals surface area contributed by atoms with E-state index in [0.717, 1.165) is 0 Å². The van der Waals surface area contributed by atoms with Crippen LogP contribution in [0.25, 0.3) is 0 Å². The highest BCUT2D eigenvalue weighted by Gasteiger charge is 2.09. The highest BCUT2D eigenvalue weighted by Crippen LogP contribution is 2.37. The highest BCUT2D eigenvalue weighted by molar-refractivity contribution is 5.67. The van der Waals surface area contributed by atoms with Crippen molar-refractivity contribution in [2.75, 3.05) is 20.0 Å². The second-order valence-electron chi connectivity index (χ2n) is 4.24. The molecule has 0 heterocycles. The van der Waals surface area contributed by atoms with Crippen LogP contribution in [-0.2, 0) is 0 Å². The number of nitrogens with two attached hydrogens (primary N) is 1. The van der Waals surface area contributed by atoms with Gasteiger partial charge >= 0.3 is 0 Å². The standard InChI is InChI=1S/C14H14N4O4.CH4/c1-21-13-8-12(14(22-2)7-11(13)15)17-16-9-3-5-10(6-4-9)18(19)20;/h3-8H,15H2,1-2H3;1H4.